The van der Waals surface area contributed by atoms with Crippen LogP contribution in [0.5, 0.6) is 5.75 Å². The van der Waals surface area contributed by atoms with Crippen LogP contribution in [0.25, 0.3) is 0 Å². The molecule has 0 unspecified atom stereocenters. The average molecular weight is 236 g/mol. The van der Waals surface area contributed by atoms with Crippen molar-refractivity contribution in [2.75, 3.05) is 13.4 Å². The van der Waals surface area contributed by atoms with Gasteiger partial charge in [0.1, 0.15) is 5.75 Å². The Kier molecular flexibility index (Phi) is 3.90. The number of hydrogen-bond acceptors (Lipinski definition) is 2. The van der Waals surface area contributed by atoms with E-state index in [1.54, 1.807) is 0 Å². The summed E-state index contributed by atoms with van der Waals surface area (Å²) in [6, 6.07) is 3.57. The molecule has 0 bridgehead atoms. The lowest BCUT2D eigenvalue weighted by atomic mass is 10.1. The number of hydrogen-bond donors (Lipinski definition) is 0. The lowest BCUT2D eigenvalue weighted by molar-refractivity contribution is -0.137. The summed E-state index contributed by atoms with van der Waals surface area (Å²) in [4.78, 5) is 0. The molecule has 1 nitrogen and oxygen atoms in total. The second kappa shape index (κ2) is 4.79. The van der Waals surface area contributed by atoms with Crippen molar-refractivity contribution in [2.45, 2.75) is 11.9 Å². The van der Waals surface area contributed by atoms with Gasteiger partial charge < -0.3 is 4.74 Å². The molecule has 0 radical (unpaired) electrons. The number of alkyl halides is 3. The molecule has 0 atom stereocenters. The maximum absolute atomic E-state index is 12.4. The summed E-state index contributed by atoms with van der Waals surface area (Å²) >= 11 is 1.54. The zero-order chi connectivity index (χ0) is 11.5. The largest absolute Gasteiger partial charge is 0.496 e. The first-order chi connectivity index (χ1) is 6.99. The molecule has 1 aromatic carbocycles. The Bertz CT molecular complexity index is 336. The van der Waals surface area contributed by atoms with E-state index in [9.17, 15) is 13.2 Å². The van der Waals surface area contributed by atoms with Crippen molar-refractivity contribution in [3.63, 3.8) is 0 Å². The van der Waals surface area contributed by atoms with Crippen LogP contribution in [-0.4, -0.2) is 13.4 Å². The van der Waals surface area contributed by atoms with Gasteiger partial charge in [-0.15, -0.1) is 0 Å². The van der Waals surface area contributed by atoms with Crippen molar-refractivity contribution in [1.82, 2.24) is 0 Å². The zero-order valence-electron chi connectivity index (χ0n) is 8.39. The molecule has 0 heterocycles. The van der Waals surface area contributed by atoms with Gasteiger partial charge >= 0.3 is 6.18 Å². The Morgan fingerprint density at radius 2 is 2.00 bits per heavy atom. The lowest BCUT2D eigenvalue weighted by Gasteiger charge is -2.11. The van der Waals surface area contributed by atoms with Gasteiger partial charge in [-0.1, -0.05) is 6.07 Å². The molecule has 0 N–H and O–H groups in total. The molecule has 0 saturated heterocycles. The molecule has 1 aromatic rings. The number of thioether (sulfide) groups is 1. The van der Waals surface area contributed by atoms with E-state index in [-0.39, 0.29) is 0 Å². The third-order valence-corrected chi connectivity index (χ3v) is 2.51. The van der Waals surface area contributed by atoms with E-state index in [0.717, 1.165) is 17.7 Å². The summed E-state index contributed by atoms with van der Waals surface area (Å²) in [6.07, 6.45) is -2.43. The second-order valence-corrected chi connectivity index (χ2v) is 3.82. The third-order valence-electron chi connectivity index (χ3n) is 1.91. The van der Waals surface area contributed by atoms with Gasteiger partial charge in [0.2, 0.25) is 0 Å². The Morgan fingerprint density at radius 1 is 1.33 bits per heavy atom. The summed E-state index contributed by atoms with van der Waals surface area (Å²) < 4.78 is 42.0. The minimum absolute atomic E-state index is 0.291. The van der Waals surface area contributed by atoms with Crippen molar-refractivity contribution in [3.8, 4) is 5.75 Å². The SMILES string of the molecule is COc1cc(C(F)(F)F)ccc1CSC. The maximum atomic E-state index is 12.4. The monoisotopic (exact) mass is 236 g/mol. The van der Waals surface area contributed by atoms with E-state index in [1.165, 1.54) is 24.9 Å². The molecular formula is C10H11F3OS. The Morgan fingerprint density at radius 3 is 2.47 bits per heavy atom. The number of ether oxygens (including phenoxy) is 1. The normalized spacial score (nSPS) is 11.5. The van der Waals surface area contributed by atoms with Crippen LogP contribution >= 0.6 is 11.8 Å². The maximum Gasteiger partial charge on any atom is 0.416 e. The van der Waals surface area contributed by atoms with Gasteiger partial charge in [0.25, 0.3) is 0 Å². The Balaban J connectivity index is 3.08. The number of halogens is 3. The third kappa shape index (κ3) is 3.06. The highest BCUT2D eigenvalue weighted by molar-refractivity contribution is 7.97. The quantitative estimate of drug-likeness (QED) is 0.793. The Labute approximate surface area is 90.6 Å². The van der Waals surface area contributed by atoms with Crippen molar-refractivity contribution in [2.24, 2.45) is 0 Å². The minimum atomic E-state index is -4.31. The molecule has 0 fully saturated rings. The lowest BCUT2D eigenvalue weighted by Crippen LogP contribution is -2.05. The van der Waals surface area contributed by atoms with Gasteiger partial charge in [0.05, 0.1) is 12.7 Å². The number of benzene rings is 1. The predicted octanol–water partition coefficient (Wildman–Crippen LogP) is 3.58. The van der Waals surface area contributed by atoms with E-state index < -0.39 is 11.7 Å². The fraction of sp³-hybridized carbons (Fsp3) is 0.400. The van der Waals surface area contributed by atoms with E-state index in [4.69, 9.17) is 4.74 Å². The van der Waals surface area contributed by atoms with Crippen molar-refractivity contribution in [1.29, 1.82) is 0 Å². The molecule has 0 aliphatic heterocycles. The molecule has 0 aliphatic rings. The van der Waals surface area contributed by atoms with Gasteiger partial charge in [-0.05, 0) is 18.4 Å². The standard InChI is InChI=1S/C10H11F3OS/c1-14-9-5-8(10(11,12)13)4-3-7(9)6-15-2/h3-5H,6H2,1-2H3. The van der Waals surface area contributed by atoms with E-state index >= 15 is 0 Å². The molecule has 0 aliphatic carbocycles. The topological polar surface area (TPSA) is 9.23 Å². The van der Waals surface area contributed by atoms with Crippen LogP contribution in [0.2, 0.25) is 0 Å². The second-order valence-electron chi connectivity index (χ2n) is 2.96. The molecule has 1 rings (SSSR count). The van der Waals surface area contributed by atoms with Crippen LogP contribution in [0.15, 0.2) is 18.2 Å². The molecular weight excluding hydrogens is 225 g/mol. The van der Waals surface area contributed by atoms with Gasteiger partial charge in [0, 0.05) is 11.3 Å². The molecule has 0 spiro atoms. The minimum Gasteiger partial charge on any atom is -0.496 e. The van der Waals surface area contributed by atoms with Gasteiger partial charge in [-0.2, -0.15) is 24.9 Å². The molecule has 5 heteroatoms. The summed E-state index contributed by atoms with van der Waals surface area (Å²) in [6.45, 7) is 0. The Hall–Kier alpha value is -0.840. The van der Waals surface area contributed by atoms with E-state index in [0.29, 0.717) is 11.5 Å². The first-order valence-corrected chi connectivity index (χ1v) is 5.61. The first-order valence-electron chi connectivity index (χ1n) is 4.22. The summed E-state index contributed by atoms with van der Waals surface area (Å²) in [5, 5.41) is 0. The van der Waals surface area contributed by atoms with Gasteiger partial charge in [-0.25, -0.2) is 0 Å². The van der Waals surface area contributed by atoms with Crippen LogP contribution in [0.3, 0.4) is 0 Å². The number of methoxy groups -OCH3 is 1. The molecule has 0 aromatic heterocycles. The van der Waals surface area contributed by atoms with Crippen molar-refractivity contribution >= 4 is 11.8 Å². The zero-order valence-corrected chi connectivity index (χ0v) is 9.21. The summed E-state index contributed by atoms with van der Waals surface area (Å²) in [7, 11) is 1.37. The highest BCUT2D eigenvalue weighted by Gasteiger charge is 2.31. The first kappa shape index (κ1) is 12.2. The molecule has 0 saturated carbocycles. The molecule has 15 heavy (non-hydrogen) atoms. The summed E-state index contributed by atoms with van der Waals surface area (Å²) in [5.74, 6) is 0.931. The average Bonchev–Trinajstić information content (AvgIpc) is 2.17. The highest BCUT2D eigenvalue weighted by atomic mass is 32.2. The van der Waals surface area contributed by atoms with Crippen LogP contribution in [-0.2, 0) is 11.9 Å². The van der Waals surface area contributed by atoms with Crippen LogP contribution in [0, 0.1) is 0 Å². The van der Waals surface area contributed by atoms with E-state index in [2.05, 4.69) is 0 Å². The fourth-order valence-corrected chi connectivity index (χ4v) is 1.75. The summed E-state index contributed by atoms with van der Waals surface area (Å²) in [5.41, 5.74) is 0.0993. The highest BCUT2D eigenvalue weighted by Crippen LogP contribution is 2.33. The smallest absolute Gasteiger partial charge is 0.416 e. The van der Waals surface area contributed by atoms with Crippen molar-refractivity contribution in [3.05, 3.63) is 29.3 Å². The fourth-order valence-electron chi connectivity index (χ4n) is 1.20. The van der Waals surface area contributed by atoms with Crippen molar-refractivity contribution < 1.29 is 17.9 Å². The van der Waals surface area contributed by atoms with Gasteiger partial charge in [-0.3, -0.25) is 0 Å². The molecule has 84 valence electrons. The van der Waals surface area contributed by atoms with Crippen LogP contribution < -0.4 is 4.74 Å². The van der Waals surface area contributed by atoms with Crippen LogP contribution in [0.4, 0.5) is 13.2 Å². The molecule has 0 amide bonds. The predicted molar refractivity (Wildman–Crippen MR) is 55.2 cm³/mol. The van der Waals surface area contributed by atoms with Gasteiger partial charge in [0.15, 0.2) is 0 Å². The number of rotatable bonds is 3. The van der Waals surface area contributed by atoms with E-state index in [1.807, 2.05) is 6.26 Å². The van der Waals surface area contributed by atoms with Crippen LogP contribution in [0.1, 0.15) is 11.1 Å².